The van der Waals surface area contributed by atoms with Crippen LogP contribution in [0.2, 0.25) is 0 Å². The fourth-order valence-corrected chi connectivity index (χ4v) is 2.19. The van der Waals surface area contributed by atoms with Crippen LogP contribution in [-0.2, 0) is 6.42 Å². The van der Waals surface area contributed by atoms with Gasteiger partial charge < -0.3 is 10.2 Å². The van der Waals surface area contributed by atoms with Gasteiger partial charge in [-0.05, 0) is 49.6 Å². The first kappa shape index (κ1) is 16.7. The molecule has 0 spiro atoms. The zero-order chi connectivity index (χ0) is 16.5. The highest BCUT2D eigenvalue weighted by atomic mass is 16.2. The van der Waals surface area contributed by atoms with Gasteiger partial charge in [-0.1, -0.05) is 29.8 Å². The summed E-state index contributed by atoms with van der Waals surface area (Å²) in [7, 11) is 0. The lowest BCUT2D eigenvalue weighted by Crippen LogP contribution is -2.38. The lowest BCUT2D eigenvalue weighted by Gasteiger charge is -2.20. The van der Waals surface area contributed by atoms with Gasteiger partial charge in [0.1, 0.15) is 0 Å². The smallest absolute Gasteiger partial charge is 0.321 e. The number of aromatic nitrogens is 1. The molecule has 0 unspecified atom stereocenters. The van der Waals surface area contributed by atoms with Crippen molar-refractivity contribution in [2.45, 2.75) is 20.3 Å². The van der Waals surface area contributed by atoms with Crippen molar-refractivity contribution in [2.24, 2.45) is 0 Å². The quantitative estimate of drug-likeness (QED) is 0.885. The van der Waals surface area contributed by atoms with Gasteiger partial charge in [-0.2, -0.15) is 0 Å². The van der Waals surface area contributed by atoms with E-state index in [1.165, 1.54) is 11.1 Å². The van der Waals surface area contributed by atoms with E-state index in [1.54, 1.807) is 23.5 Å². The SMILES string of the molecule is CCN(CCc1ccncc1)C(=O)N/C=C/c1ccc(C)cc1. The van der Waals surface area contributed by atoms with Gasteiger partial charge in [0.2, 0.25) is 0 Å². The van der Waals surface area contributed by atoms with Crippen molar-refractivity contribution in [3.05, 3.63) is 71.7 Å². The molecule has 0 aliphatic heterocycles. The van der Waals surface area contributed by atoms with Crippen LogP contribution in [0.1, 0.15) is 23.6 Å². The molecular formula is C19H23N3O. The first-order chi connectivity index (χ1) is 11.2. The molecule has 0 saturated heterocycles. The summed E-state index contributed by atoms with van der Waals surface area (Å²) in [6, 6.07) is 12.0. The summed E-state index contributed by atoms with van der Waals surface area (Å²) in [5, 5.41) is 2.83. The van der Waals surface area contributed by atoms with Gasteiger partial charge in [-0.25, -0.2) is 4.79 Å². The highest BCUT2D eigenvalue weighted by Gasteiger charge is 2.09. The van der Waals surface area contributed by atoms with Gasteiger partial charge in [0.05, 0.1) is 0 Å². The van der Waals surface area contributed by atoms with Crippen molar-refractivity contribution in [2.75, 3.05) is 13.1 Å². The molecule has 2 amide bonds. The number of aryl methyl sites for hydroxylation is 1. The van der Waals surface area contributed by atoms with Crippen molar-refractivity contribution >= 4 is 12.1 Å². The molecule has 2 aromatic rings. The third kappa shape index (κ3) is 5.58. The number of hydrogen-bond acceptors (Lipinski definition) is 2. The van der Waals surface area contributed by atoms with Crippen LogP contribution in [0.3, 0.4) is 0 Å². The minimum Gasteiger partial charge on any atom is -0.324 e. The molecule has 0 saturated carbocycles. The maximum Gasteiger partial charge on any atom is 0.321 e. The zero-order valence-electron chi connectivity index (χ0n) is 13.7. The van der Waals surface area contributed by atoms with E-state index in [0.717, 1.165) is 12.0 Å². The van der Waals surface area contributed by atoms with E-state index in [-0.39, 0.29) is 6.03 Å². The lowest BCUT2D eigenvalue weighted by atomic mass is 10.1. The molecule has 0 atom stereocenters. The van der Waals surface area contributed by atoms with E-state index in [9.17, 15) is 4.79 Å². The van der Waals surface area contributed by atoms with E-state index in [2.05, 4.69) is 29.4 Å². The Morgan fingerprint density at radius 3 is 2.52 bits per heavy atom. The van der Waals surface area contributed by atoms with Gasteiger partial charge in [0.25, 0.3) is 0 Å². The highest BCUT2D eigenvalue weighted by Crippen LogP contribution is 2.04. The molecule has 4 heteroatoms. The van der Waals surface area contributed by atoms with Gasteiger partial charge in [0.15, 0.2) is 0 Å². The van der Waals surface area contributed by atoms with Gasteiger partial charge in [-0.3, -0.25) is 4.98 Å². The van der Waals surface area contributed by atoms with Gasteiger partial charge >= 0.3 is 6.03 Å². The second-order valence-corrected chi connectivity index (χ2v) is 5.38. The maximum absolute atomic E-state index is 12.2. The van der Waals surface area contributed by atoms with Crippen LogP contribution in [0.25, 0.3) is 6.08 Å². The van der Waals surface area contributed by atoms with E-state index < -0.39 is 0 Å². The Morgan fingerprint density at radius 2 is 1.87 bits per heavy atom. The molecular weight excluding hydrogens is 286 g/mol. The second kappa shape index (κ2) is 8.73. The van der Waals surface area contributed by atoms with Crippen molar-refractivity contribution in [1.82, 2.24) is 15.2 Å². The molecule has 2 rings (SSSR count). The van der Waals surface area contributed by atoms with E-state index in [1.807, 2.05) is 37.3 Å². The van der Waals surface area contributed by atoms with Gasteiger partial charge in [-0.15, -0.1) is 0 Å². The van der Waals surface area contributed by atoms with Crippen LogP contribution >= 0.6 is 0 Å². The molecule has 4 nitrogen and oxygen atoms in total. The summed E-state index contributed by atoms with van der Waals surface area (Å²) in [6.45, 7) is 5.40. The molecule has 1 aromatic heterocycles. The summed E-state index contributed by atoms with van der Waals surface area (Å²) in [4.78, 5) is 18.0. The molecule has 0 fully saturated rings. The number of rotatable bonds is 6. The molecule has 1 N–H and O–H groups in total. The molecule has 0 radical (unpaired) electrons. The number of hydrogen-bond donors (Lipinski definition) is 1. The number of carbonyl (C=O) groups is 1. The fourth-order valence-electron chi connectivity index (χ4n) is 2.19. The number of urea groups is 1. The summed E-state index contributed by atoms with van der Waals surface area (Å²) in [5.74, 6) is 0. The van der Waals surface area contributed by atoms with Crippen molar-refractivity contribution in [3.8, 4) is 0 Å². The van der Waals surface area contributed by atoms with Crippen molar-refractivity contribution in [1.29, 1.82) is 0 Å². The van der Waals surface area contributed by atoms with Gasteiger partial charge in [0, 0.05) is 31.7 Å². The average Bonchev–Trinajstić information content (AvgIpc) is 2.58. The highest BCUT2D eigenvalue weighted by molar-refractivity contribution is 5.76. The number of benzene rings is 1. The Balaban J connectivity index is 1.83. The summed E-state index contributed by atoms with van der Waals surface area (Å²) in [5.41, 5.74) is 3.47. The molecule has 0 aliphatic carbocycles. The minimum atomic E-state index is -0.0788. The molecule has 1 heterocycles. The molecule has 23 heavy (non-hydrogen) atoms. The van der Waals surface area contributed by atoms with Crippen LogP contribution in [0.4, 0.5) is 4.79 Å². The standard InChI is InChI=1S/C19H23N3O/c1-3-22(15-11-18-8-12-20-13-9-18)19(23)21-14-10-17-6-4-16(2)5-7-17/h4-10,12-14H,3,11,15H2,1-2H3,(H,21,23)/b14-10+. The van der Waals surface area contributed by atoms with Crippen LogP contribution < -0.4 is 5.32 Å². The maximum atomic E-state index is 12.2. The number of pyridine rings is 1. The normalized spacial score (nSPS) is 10.7. The van der Waals surface area contributed by atoms with E-state index in [4.69, 9.17) is 0 Å². The Morgan fingerprint density at radius 1 is 1.17 bits per heavy atom. The second-order valence-electron chi connectivity index (χ2n) is 5.38. The summed E-state index contributed by atoms with van der Waals surface area (Å²) in [6.07, 6.45) is 7.97. The first-order valence-corrected chi connectivity index (χ1v) is 7.86. The molecule has 0 aliphatic rings. The van der Waals surface area contributed by atoms with Crippen LogP contribution in [-0.4, -0.2) is 29.0 Å². The van der Waals surface area contributed by atoms with Crippen molar-refractivity contribution < 1.29 is 4.79 Å². The number of carbonyl (C=O) groups excluding carboxylic acids is 1. The van der Waals surface area contributed by atoms with E-state index in [0.29, 0.717) is 13.1 Å². The summed E-state index contributed by atoms with van der Waals surface area (Å²) >= 11 is 0. The lowest BCUT2D eigenvalue weighted by molar-refractivity contribution is 0.205. The molecule has 1 aromatic carbocycles. The zero-order valence-corrected chi connectivity index (χ0v) is 13.7. The minimum absolute atomic E-state index is 0.0788. The monoisotopic (exact) mass is 309 g/mol. The average molecular weight is 309 g/mol. The number of nitrogens with zero attached hydrogens (tertiary/aromatic N) is 2. The van der Waals surface area contributed by atoms with Crippen LogP contribution in [0.5, 0.6) is 0 Å². The summed E-state index contributed by atoms with van der Waals surface area (Å²) < 4.78 is 0. The Labute approximate surface area is 137 Å². The Kier molecular flexibility index (Phi) is 6.36. The number of amides is 2. The third-order valence-electron chi connectivity index (χ3n) is 3.65. The largest absolute Gasteiger partial charge is 0.324 e. The first-order valence-electron chi connectivity index (χ1n) is 7.86. The molecule has 120 valence electrons. The Hall–Kier alpha value is -2.62. The van der Waals surface area contributed by atoms with E-state index >= 15 is 0 Å². The molecule has 0 bridgehead atoms. The predicted octanol–water partition coefficient (Wildman–Crippen LogP) is 3.63. The third-order valence-corrected chi connectivity index (χ3v) is 3.65. The fraction of sp³-hybridized carbons (Fsp3) is 0.263. The Bertz CT molecular complexity index is 635. The van der Waals surface area contributed by atoms with Crippen LogP contribution in [0.15, 0.2) is 55.0 Å². The van der Waals surface area contributed by atoms with Crippen molar-refractivity contribution in [3.63, 3.8) is 0 Å². The number of likely N-dealkylation sites (N-methyl/N-ethyl adjacent to an activating group) is 1. The number of nitrogens with one attached hydrogen (secondary N) is 1. The predicted molar refractivity (Wildman–Crippen MR) is 93.9 cm³/mol. The van der Waals surface area contributed by atoms with Crippen LogP contribution in [0, 0.1) is 6.92 Å². The topological polar surface area (TPSA) is 45.2 Å².